The fourth-order valence-corrected chi connectivity index (χ4v) is 8.79. The molecule has 245 valence electrons. The predicted molar refractivity (Wildman–Crippen MR) is 192 cm³/mol. The number of hydrogen-bond acceptors (Lipinski definition) is 5. The van der Waals surface area contributed by atoms with Crippen molar-refractivity contribution in [2.45, 2.75) is 56.8 Å². The molecule has 0 saturated heterocycles. The van der Waals surface area contributed by atoms with Gasteiger partial charge < -0.3 is 19.4 Å². The Labute approximate surface area is 285 Å². The van der Waals surface area contributed by atoms with Gasteiger partial charge in [-0.3, -0.25) is 0 Å². The van der Waals surface area contributed by atoms with Gasteiger partial charge in [-0.05, 0) is 63.2 Å². The monoisotopic (exact) mass is 656 g/mol. The predicted octanol–water partition coefficient (Wildman–Crippen LogP) is 6.99. The molecule has 1 aliphatic rings. The Bertz CT molecular complexity index is 1740. The summed E-state index contributed by atoms with van der Waals surface area (Å²) in [4.78, 5) is 15.3. The Morgan fingerprint density at radius 1 is 0.729 bits per heavy atom. The second kappa shape index (κ2) is 13.9. The first-order valence-electron chi connectivity index (χ1n) is 16.4. The van der Waals surface area contributed by atoms with E-state index in [0.29, 0.717) is 23.4 Å². The molecule has 2 unspecified atom stereocenters. The first-order valence-corrected chi connectivity index (χ1v) is 17.8. The standard InChI is InChI=1S/C41H42NO5Si/c1-39(2,3)36-25-16-26-37-35(36)27-28-41(45,47-48(33-21-12-6-13-22-33)34-23-14-7-15-24-34)40(37,44)29-30-46-38(43)42(31-17-8-4-9-18-31)32-19-10-5-11-20-32/h4-26,44-45H,27-30H2,1-3H3. The summed E-state index contributed by atoms with van der Waals surface area (Å²) < 4.78 is 12.8. The van der Waals surface area contributed by atoms with Crippen molar-refractivity contribution in [3.8, 4) is 0 Å². The number of benzene rings is 5. The lowest BCUT2D eigenvalue weighted by molar-refractivity contribution is -0.278. The van der Waals surface area contributed by atoms with Crippen molar-refractivity contribution >= 4 is 36.9 Å². The van der Waals surface area contributed by atoms with Gasteiger partial charge in [0.05, 0.1) is 18.0 Å². The zero-order valence-corrected chi connectivity index (χ0v) is 28.7. The van der Waals surface area contributed by atoms with Crippen molar-refractivity contribution in [1.29, 1.82) is 0 Å². The summed E-state index contributed by atoms with van der Waals surface area (Å²) in [5.41, 5.74) is 1.94. The van der Waals surface area contributed by atoms with Crippen LogP contribution in [-0.4, -0.2) is 37.7 Å². The Hall–Kier alpha value is -4.53. The van der Waals surface area contributed by atoms with Crippen molar-refractivity contribution in [3.05, 3.63) is 156 Å². The maximum absolute atomic E-state index is 13.8. The van der Waals surface area contributed by atoms with Gasteiger partial charge in [0.25, 0.3) is 9.04 Å². The zero-order chi connectivity index (χ0) is 33.8. The van der Waals surface area contributed by atoms with Crippen molar-refractivity contribution in [2.75, 3.05) is 11.5 Å². The highest BCUT2D eigenvalue weighted by Gasteiger charge is 2.56. The van der Waals surface area contributed by atoms with E-state index in [9.17, 15) is 15.0 Å². The van der Waals surface area contributed by atoms with Crippen LogP contribution in [0.4, 0.5) is 16.2 Å². The van der Waals surface area contributed by atoms with Gasteiger partial charge in [-0.25, -0.2) is 9.69 Å². The van der Waals surface area contributed by atoms with Gasteiger partial charge >= 0.3 is 6.09 Å². The minimum Gasteiger partial charge on any atom is -0.449 e. The van der Waals surface area contributed by atoms with Gasteiger partial charge in [0, 0.05) is 12.8 Å². The minimum absolute atomic E-state index is 0.0774. The van der Waals surface area contributed by atoms with E-state index < -0.39 is 26.5 Å². The summed E-state index contributed by atoms with van der Waals surface area (Å²) in [6.07, 6.45) is 0.0335. The number of carbonyl (C=O) groups is 1. The average Bonchev–Trinajstić information content (AvgIpc) is 3.10. The third-order valence-corrected chi connectivity index (χ3v) is 11.3. The number of fused-ring (bicyclic) bond motifs is 1. The Morgan fingerprint density at radius 3 is 1.73 bits per heavy atom. The minimum atomic E-state index is -2.02. The molecule has 2 atom stereocenters. The van der Waals surface area contributed by atoms with E-state index >= 15 is 0 Å². The summed E-state index contributed by atoms with van der Waals surface area (Å²) in [5, 5.41) is 27.5. The Kier molecular flexibility index (Phi) is 9.67. The molecule has 6 rings (SSSR count). The van der Waals surface area contributed by atoms with E-state index in [1.54, 1.807) is 0 Å². The maximum Gasteiger partial charge on any atom is 0.418 e. The van der Waals surface area contributed by atoms with E-state index in [-0.39, 0.29) is 24.9 Å². The van der Waals surface area contributed by atoms with Crippen LogP contribution in [0.2, 0.25) is 0 Å². The van der Waals surface area contributed by atoms with Crippen molar-refractivity contribution < 1.29 is 24.2 Å². The molecule has 5 aromatic carbocycles. The van der Waals surface area contributed by atoms with Crippen molar-refractivity contribution in [3.63, 3.8) is 0 Å². The van der Waals surface area contributed by atoms with Crippen molar-refractivity contribution in [2.24, 2.45) is 0 Å². The molecule has 1 aliphatic carbocycles. The first kappa shape index (κ1) is 33.4. The molecular formula is C41H42NO5Si. The molecule has 0 aliphatic heterocycles. The number of amides is 1. The second-order valence-corrected chi connectivity index (χ2v) is 15.3. The largest absolute Gasteiger partial charge is 0.449 e. The number of rotatable bonds is 9. The molecular weight excluding hydrogens is 615 g/mol. The van der Waals surface area contributed by atoms with E-state index in [1.807, 2.05) is 133 Å². The summed E-state index contributed by atoms with van der Waals surface area (Å²) in [7, 11) is -2.02. The fourth-order valence-electron chi connectivity index (χ4n) is 6.62. The lowest BCUT2D eigenvalue weighted by Gasteiger charge is -2.49. The number of anilines is 2. The van der Waals surface area contributed by atoms with E-state index in [4.69, 9.17) is 9.16 Å². The molecule has 0 bridgehead atoms. The van der Waals surface area contributed by atoms with Crippen LogP contribution in [-0.2, 0) is 26.6 Å². The zero-order valence-electron chi connectivity index (χ0n) is 27.7. The highest BCUT2D eigenvalue weighted by atomic mass is 28.3. The lowest BCUT2D eigenvalue weighted by Crippen LogP contribution is -2.63. The molecule has 2 N–H and O–H groups in total. The number of ether oxygens (including phenoxy) is 1. The maximum atomic E-state index is 13.8. The van der Waals surface area contributed by atoms with Gasteiger partial charge in [-0.2, -0.15) is 0 Å². The van der Waals surface area contributed by atoms with Gasteiger partial charge in [0.15, 0.2) is 5.79 Å². The summed E-state index contributed by atoms with van der Waals surface area (Å²) >= 11 is 0. The average molecular weight is 657 g/mol. The number of nitrogens with zero attached hydrogens (tertiary/aromatic N) is 1. The first-order chi connectivity index (χ1) is 23.1. The highest BCUT2D eigenvalue weighted by molar-refractivity contribution is 6.80. The SMILES string of the molecule is CC(C)(C)c1cccc2c1CCC(O)(O[Si](c1ccccc1)c1ccccc1)C2(O)CCOC(=O)N(c1ccccc1)c1ccccc1. The van der Waals surface area contributed by atoms with Crippen LogP contribution < -0.4 is 15.3 Å². The molecule has 6 nitrogen and oxygen atoms in total. The lowest BCUT2D eigenvalue weighted by atomic mass is 9.69. The number of carbonyl (C=O) groups excluding carboxylic acids is 1. The summed E-state index contributed by atoms with van der Waals surface area (Å²) in [6, 6.07) is 44.2. The van der Waals surface area contributed by atoms with Crippen molar-refractivity contribution in [1.82, 2.24) is 0 Å². The van der Waals surface area contributed by atoms with Crippen LogP contribution in [0.15, 0.2) is 140 Å². The summed E-state index contributed by atoms with van der Waals surface area (Å²) in [6.45, 7) is 6.28. The van der Waals surface area contributed by atoms with Crippen LogP contribution in [0, 0.1) is 0 Å². The van der Waals surface area contributed by atoms with Crippen LogP contribution in [0.3, 0.4) is 0 Å². The molecule has 7 heteroatoms. The van der Waals surface area contributed by atoms with Crippen LogP contribution in [0.1, 0.15) is 50.3 Å². The molecule has 0 aromatic heterocycles. The van der Waals surface area contributed by atoms with E-state index in [2.05, 4.69) is 26.8 Å². The van der Waals surface area contributed by atoms with Gasteiger partial charge in [0.2, 0.25) is 0 Å². The number of para-hydroxylation sites is 2. The summed E-state index contributed by atoms with van der Waals surface area (Å²) in [5.74, 6) is -1.97. The van der Waals surface area contributed by atoms with Crippen LogP contribution >= 0.6 is 0 Å². The number of aliphatic hydroxyl groups is 2. The quantitative estimate of drug-likeness (QED) is 0.132. The molecule has 0 fully saturated rings. The topological polar surface area (TPSA) is 79.2 Å². The molecule has 0 heterocycles. The van der Waals surface area contributed by atoms with Gasteiger partial charge in [-0.1, -0.05) is 136 Å². The smallest absolute Gasteiger partial charge is 0.418 e. The van der Waals surface area contributed by atoms with Gasteiger partial charge in [-0.15, -0.1) is 0 Å². The molecule has 5 aromatic rings. The third-order valence-electron chi connectivity index (χ3n) is 9.03. The second-order valence-electron chi connectivity index (χ2n) is 13.3. The number of hydrogen-bond donors (Lipinski definition) is 2. The molecule has 0 spiro atoms. The van der Waals surface area contributed by atoms with Crippen LogP contribution in [0.25, 0.3) is 0 Å². The highest BCUT2D eigenvalue weighted by Crippen LogP contribution is 2.48. The molecule has 0 saturated carbocycles. The normalized spacial score (nSPS) is 19.0. The molecule has 1 amide bonds. The Balaban J connectivity index is 1.36. The fraction of sp³-hybridized carbons (Fsp3) is 0.244. The molecule has 1 radical (unpaired) electrons. The van der Waals surface area contributed by atoms with E-state index in [0.717, 1.165) is 21.5 Å². The third kappa shape index (κ3) is 6.73. The molecule has 48 heavy (non-hydrogen) atoms. The van der Waals surface area contributed by atoms with E-state index in [1.165, 1.54) is 4.90 Å². The van der Waals surface area contributed by atoms with Crippen LogP contribution in [0.5, 0.6) is 0 Å². The van der Waals surface area contributed by atoms with Gasteiger partial charge in [0.1, 0.15) is 5.60 Å². The Morgan fingerprint density at radius 2 is 1.23 bits per heavy atom.